The van der Waals surface area contributed by atoms with E-state index >= 15 is 0 Å². The third-order valence-corrected chi connectivity index (χ3v) is 4.62. The van der Waals surface area contributed by atoms with E-state index in [0.29, 0.717) is 12.6 Å². The SMILES string of the molecule is CC1CCCCN1C(CN)c1ccc(Br)cc1Cl. The largest absolute Gasteiger partial charge is 0.329 e. The van der Waals surface area contributed by atoms with Gasteiger partial charge in [0.2, 0.25) is 0 Å². The van der Waals surface area contributed by atoms with Crippen molar-refractivity contribution in [2.75, 3.05) is 13.1 Å². The van der Waals surface area contributed by atoms with Gasteiger partial charge in [-0.25, -0.2) is 0 Å². The summed E-state index contributed by atoms with van der Waals surface area (Å²) in [5.41, 5.74) is 7.14. The molecule has 1 fully saturated rings. The minimum absolute atomic E-state index is 0.237. The molecule has 2 N–H and O–H groups in total. The van der Waals surface area contributed by atoms with E-state index in [1.807, 2.05) is 12.1 Å². The highest BCUT2D eigenvalue weighted by Gasteiger charge is 2.27. The second-order valence-electron chi connectivity index (χ2n) is 5.00. The van der Waals surface area contributed by atoms with Gasteiger partial charge < -0.3 is 5.73 Å². The minimum Gasteiger partial charge on any atom is -0.329 e. The van der Waals surface area contributed by atoms with E-state index in [9.17, 15) is 0 Å². The fourth-order valence-corrected chi connectivity index (χ4v) is 3.60. The van der Waals surface area contributed by atoms with Gasteiger partial charge >= 0.3 is 0 Å². The van der Waals surface area contributed by atoms with E-state index in [0.717, 1.165) is 21.6 Å². The Kier molecular flexibility index (Phi) is 5.07. The Hall–Kier alpha value is -0.0900. The number of likely N-dealkylation sites (tertiary alicyclic amines) is 1. The Morgan fingerprint density at radius 1 is 1.50 bits per heavy atom. The minimum atomic E-state index is 0.237. The molecule has 2 rings (SSSR count). The van der Waals surface area contributed by atoms with Crippen molar-refractivity contribution in [3.63, 3.8) is 0 Å². The van der Waals surface area contributed by atoms with Crippen LogP contribution in [0.4, 0.5) is 0 Å². The topological polar surface area (TPSA) is 29.3 Å². The van der Waals surface area contributed by atoms with Crippen LogP contribution < -0.4 is 5.73 Å². The van der Waals surface area contributed by atoms with E-state index < -0.39 is 0 Å². The first-order chi connectivity index (χ1) is 8.63. The predicted octanol–water partition coefficient (Wildman–Crippen LogP) is 3.98. The fourth-order valence-electron chi connectivity index (χ4n) is 2.80. The average molecular weight is 332 g/mol. The number of piperidine rings is 1. The van der Waals surface area contributed by atoms with Crippen LogP contribution in [0.1, 0.15) is 37.8 Å². The monoisotopic (exact) mass is 330 g/mol. The lowest BCUT2D eigenvalue weighted by molar-refractivity contribution is 0.109. The molecule has 0 radical (unpaired) electrons. The van der Waals surface area contributed by atoms with Crippen molar-refractivity contribution in [3.05, 3.63) is 33.3 Å². The first kappa shape index (κ1) is 14.3. The Bertz CT molecular complexity index is 411. The normalized spacial score (nSPS) is 23.0. The molecule has 1 aliphatic rings. The summed E-state index contributed by atoms with van der Waals surface area (Å²) in [6.07, 6.45) is 3.84. The Balaban J connectivity index is 2.26. The summed E-state index contributed by atoms with van der Waals surface area (Å²) in [5.74, 6) is 0. The molecule has 0 aromatic heterocycles. The van der Waals surface area contributed by atoms with Crippen molar-refractivity contribution in [2.24, 2.45) is 5.73 Å². The third kappa shape index (κ3) is 3.08. The fraction of sp³-hybridized carbons (Fsp3) is 0.571. The van der Waals surface area contributed by atoms with Crippen molar-refractivity contribution < 1.29 is 0 Å². The molecular formula is C14H20BrClN2. The van der Waals surface area contributed by atoms with Crippen LogP contribution in [-0.2, 0) is 0 Å². The zero-order valence-corrected chi connectivity index (χ0v) is 13.0. The summed E-state index contributed by atoms with van der Waals surface area (Å²) in [6.45, 7) is 4.02. The number of nitrogens with two attached hydrogens (primary N) is 1. The molecule has 1 aromatic carbocycles. The first-order valence-electron chi connectivity index (χ1n) is 6.54. The van der Waals surface area contributed by atoms with Gasteiger partial charge in [0, 0.05) is 28.1 Å². The molecule has 2 atom stereocenters. The first-order valence-corrected chi connectivity index (χ1v) is 7.71. The molecular weight excluding hydrogens is 312 g/mol. The molecule has 4 heteroatoms. The maximum atomic E-state index is 6.36. The molecule has 2 unspecified atom stereocenters. The standard InChI is InChI=1S/C14H20BrClN2/c1-10-4-2-3-7-18(10)14(9-17)12-6-5-11(15)8-13(12)16/h5-6,8,10,14H,2-4,7,9,17H2,1H3. The molecule has 2 nitrogen and oxygen atoms in total. The quantitative estimate of drug-likeness (QED) is 0.908. The van der Waals surface area contributed by atoms with Gasteiger partial charge in [-0.2, -0.15) is 0 Å². The molecule has 0 aliphatic carbocycles. The van der Waals surface area contributed by atoms with Crippen LogP contribution in [0.25, 0.3) is 0 Å². The highest BCUT2D eigenvalue weighted by Crippen LogP contribution is 2.33. The van der Waals surface area contributed by atoms with Gasteiger partial charge in [-0.05, 0) is 44.0 Å². The second-order valence-corrected chi connectivity index (χ2v) is 6.32. The summed E-state index contributed by atoms with van der Waals surface area (Å²) in [4.78, 5) is 2.50. The zero-order valence-electron chi connectivity index (χ0n) is 10.7. The summed E-state index contributed by atoms with van der Waals surface area (Å²) in [7, 11) is 0. The summed E-state index contributed by atoms with van der Waals surface area (Å²) in [6, 6.07) is 6.91. The van der Waals surface area contributed by atoms with Crippen molar-refractivity contribution >= 4 is 27.5 Å². The van der Waals surface area contributed by atoms with Crippen LogP contribution >= 0.6 is 27.5 Å². The van der Waals surface area contributed by atoms with Gasteiger partial charge in [-0.3, -0.25) is 4.90 Å². The van der Waals surface area contributed by atoms with E-state index in [-0.39, 0.29) is 6.04 Å². The van der Waals surface area contributed by atoms with Crippen molar-refractivity contribution in [1.82, 2.24) is 4.90 Å². The molecule has 0 saturated carbocycles. The van der Waals surface area contributed by atoms with E-state index in [1.165, 1.54) is 19.3 Å². The lowest BCUT2D eigenvalue weighted by atomic mass is 9.97. The molecule has 1 saturated heterocycles. The van der Waals surface area contributed by atoms with Gasteiger partial charge in [0.1, 0.15) is 0 Å². The highest BCUT2D eigenvalue weighted by atomic mass is 79.9. The van der Waals surface area contributed by atoms with Crippen molar-refractivity contribution in [1.29, 1.82) is 0 Å². The molecule has 0 spiro atoms. The Morgan fingerprint density at radius 3 is 2.89 bits per heavy atom. The average Bonchev–Trinajstić information content (AvgIpc) is 2.34. The van der Waals surface area contributed by atoms with Crippen LogP contribution in [-0.4, -0.2) is 24.0 Å². The lowest BCUT2D eigenvalue weighted by Crippen LogP contribution is -2.43. The van der Waals surface area contributed by atoms with Gasteiger partial charge in [0.15, 0.2) is 0 Å². The maximum absolute atomic E-state index is 6.36. The molecule has 100 valence electrons. The van der Waals surface area contributed by atoms with Crippen LogP contribution in [0.3, 0.4) is 0 Å². The van der Waals surface area contributed by atoms with Gasteiger partial charge in [0.25, 0.3) is 0 Å². The van der Waals surface area contributed by atoms with Crippen LogP contribution in [0.2, 0.25) is 5.02 Å². The number of nitrogens with zero attached hydrogens (tertiary/aromatic N) is 1. The molecule has 1 heterocycles. The van der Waals surface area contributed by atoms with E-state index in [4.69, 9.17) is 17.3 Å². The number of hydrogen-bond acceptors (Lipinski definition) is 2. The molecule has 0 bridgehead atoms. The summed E-state index contributed by atoms with van der Waals surface area (Å²) < 4.78 is 1.01. The third-order valence-electron chi connectivity index (χ3n) is 3.80. The second kappa shape index (κ2) is 6.38. The summed E-state index contributed by atoms with van der Waals surface area (Å²) in [5, 5.41) is 0.803. The lowest BCUT2D eigenvalue weighted by Gasteiger charge is -2.39. The Labute approximate surface area is 123 Å². The number of rotatable bonds is 3. The molecule has 1 aromatic rings. The predicted molar refractivity (Wildman–Crippen MR) is 81.0 cm³/mol. The molecule has 1 aliphatic heterocycles. The van der Waals surface area contributed by atoms with Crippen LogP contribution in [0.5, 0.6) is 0 Å². The smallest absolute Gasteiger partial charge is 0.0488 e. The van der Waals surface area contributed by atoms with Crippen LogP contribution in [0.15, 0.2) is 22.7 Å². The molecule has 18 heavy (non-hydrogen) atoms. The number of halogens is 2. The highest BCUT2D eigenvalue weighted by molar-refractivity contribution is 9.10. The number of hydrogen-bond donors (Lipinski definition) is 1. The van der Waals surface area contributed by atoms with Gasteiger partial charge in [-0.1, -0.05) is 40.0 Å². The van der Waals surface area contributed by atoms with Gasteiger partial charge in [0.05, 0.1) is 0 Å². The van der Waals surface area contributed by atoms with Crippen molar-refractivity contribution in [2.45, 2.75) is 38.3 Å². The van der Waals surface area contributed by atoms with Crippen molar-refractivity contribution in [3.8, 4) is 0 Å². The van der Waals surface area contributed by atoms with Gasteiger partial charge in [-0.15, -0.1) is 0 Å². The number of benzene rings is 1. The maximum Gasteiger partial charge on any atom is 0.0488 e. The molecule has 0 amide bonds. The zero-order chi connectivity index (χ0) is 13.1. The Morgan fingerprint density at radius 2 is 2.28 bits per heavy atom. The van der Waals surface area contributed by atoms with E-state index in [2.05, 4.69) is 33.8 Å². The van der Waals surface area contributed by atoms with Crippen LogP contribution in [0, 0.1) is 0 Å². The van der Waals surface area contributed by atoms with E-state index in [1.54, 1.807) is 0 Å². The summed E-state index contributed by atoms with van der Waals surface area (Å²) >= 11 is 9.80.